The van der Waals surface area contributed by atoms with E-state index in [2.05, 4.69) is 14.8 Å². The first kappa shape index (κ1) is 19.4. The Hall–Kier alpha value is -2.90. The van der Waals surface area contributed by atoms with Crippen LogP contribution in [0.4, 0.5) is 10.1 Å². The van der Waals surface area contributed by atoms with Crippen LogP contribution in [-0.4, -0.2) is 60.4 Å². The molecule has 1 aliphatic rings. The first-order valence-electron chi connectivity index (χ1n) is 9.74. The average Bonchev–Trinajstić information content (AvgIpc) is 2.73. The van der Waals surface area contributed by atoms with Gasteiger partial charge < -0.3 is 19.7 Å². The maximum absolute atomic E-state index is 13.1. The predicted octanol–water partition coefficient (Wildman–Crippen LogP) is 2.23. The Morgan fingerprint density at radius 3 is 2.55 bits per heavy atom. The van der Waals surface area contributed by atoms with Gasteiger partial charge in [-0.3, -0.25) is 9.69 Å². The number of aliphatic hydroxyl groups is 1. The monoisotopic (exact) mass is 397 g/mol. The van der Waals surface area contributed by atoms with Gasteiger partial charge in [0.25, 0.3) is 0 Å². The molecule has 6 nitrogen and oxygen atoms in total. The summed E-state index contributed by atoms with van der Waals surface area (Å²) in [5.41, 5.74) is 1.64. The summed E-state index contributed by atoms with van der Waals surface area (Å²) in [5, 5.41) is 11.2. The van der Waals surface area contributed by atoms with E-state index < -0.39 is 6.10 Å². The number of ether oxygens (including phenoxy) is 1. The molecule has 2 heterocycles. The maximum atomic E-state index is 13.1. The number of benzene rings is 2. The number of aromatic nitrogens is 1. The van der Waals surface area contributed by atoms with Gasteiger partial charge in [-0.05, 0) is 48.5 Å². The number of nitrogens with one attached hydrogen (secondary N) is 1. The molecule has 1 aromatic heterocycles. The molecule has 0 radical (unpaired) electrons. The number of β-amino-alcohol motifs (C(OH)–C–C–N with tert-alkyl or cyclic N) is 1. The second-order valence-corrected chi connectivity index (χ2v) is 7.30. The topological polar surface area (TPSA) is 68.8 Å². The molecule has 1 unspecified atom stereocenters. The second-order valence-electron chi connectivity index (χ2n) is 7.30. The van der Waals surface area contributed by atoms with E-state index in [0.29, 0.717) is 12.3 Å². The largest absolute Gasteiger partial charge is 0.491 e. The van der Waals surface area contributed by atoms with Gasteiger partial charge in [-0.2, -0.15) is 0 Å². The Morgan fingerprint density at radius 2 is 1.79 bits per heavy atom. The van der Waals surface area contributed by atoms with E-state index >= 15 is 0 Å². The lowest BCUT2D eigenvalue weighted by Crippen LogP contribution is -2.49. The van der Waals surface area contributed by atoms with Crippen LogP contribution in [-0.2, 0) is 0 Å². The minimum absolute atomic E-state index is 0.138. The fourth-order valence-electron chi connectivity index (χ4n) is 3.61. The molecule has 4 rings (SSSR count). The maximum Gasteiger partial charge on any atom is 0.248 e. The highest BCUT2D eigenvalue weighted by Crippen LogP contribution is 2.19. The number of piperazine rings is 1. The van der Waals surface area contributed by atoms with Crippen molar-refractivity contribution in [3.8, 4) is 5.75 Å². The Labute approximate surface area is 168 Å². The lowest BCUT2D eigenvalue weighted by Gasteiger charge is -2.36. The summed E-state index contributed by atoms with van der Waals surface area (Å²) in [6.45, 7) is 4.07. The van der Waals surface area contributed by atoms with Crippen LogP contribution in [0.25, 0.3) is 10.9 Å². The average molecular weight is 397 g/mol. The van der Waals surface area contributed by atoms with E-state index in [4.69, 9.17) is 4.74 Å². The standard InChI is InChI=1S/C22H24FN3O3/c23-17-2-4-18(5-3-17)26-11-9-25(10-12-26)14-19(27)15-29-20-6-7-21-16(13-20)1-8-22(28)24-21/h1-8,13,19,27H,9-12,14-15H2,(H,24,28). The quantitative estimate of drug-likeness (QED) is 0.668. The van der Waals surface area contributed by atoms with Gasteiger partial charge in [0, 0.05) is 55.4 Å². The third-order valence-electron chi connectivity index (χ3n) is 5.17. The van der Waals surface area contributed by atoms with Crippen LogP contribution in [0.5, 0.6) is 5.75 Å². The van der Waals surface area contributed by atoms with E-state index in [1.54, 1.807) is 30.3 Å². The van der Waals surface area contributed by atoms with Gasteiger partial charge in [0.1, 0.15) is 24.3 Å². The number of halogens is 1. The van der Waals surface area contributed by atoms with Gasteiger partial charge in [-0.25, -0.2) is 4.39 Å². The first-order valence-corrected chi connectivity index (χ1v) is 9.74. The van der Waals surface area contributed by atoms with Crippen molar-refractivity contribution in [2.45, 2.75) is 6.10 Å². The number of aromatic amines is 1. The molecule has 2 N–H and O–H groups in total. The van der Waals surface area contributed by atoms with Crippen molar-refractivity contribution >= 4 is 16.6 Å². The zero-order valence-electron chi connectivity index (χ0n) is 16.1. The SMILES string of the molecule is O=c1ccc2cc(OCC(O)CN3CCN(c4ccc(F)cc4)CC3)ccc2[nH]1. The number of hydrogen-bond donors (Lipinski definition) is 2. The van der Waals surface area contributed by atoms with E-state index in [-0.39, 0.29) is 18.0 Å². The van der Waals surface area contributed by atoms with Crippen molar-refractivity contribution in [2.75, 3.05) is 44.2 Å². The number of rotatable bonds is 6. The van der Waals surface area contributed by atoms with E-state index in [0.717, 1.165) is 42.8 Å². The molecule has 29 heavy (non-hydrogen) atoms. The van der Waals surface area contributed by atoms with Crippen LogP contribution >= 0.6 is 0 Å². The molecule has 0 aliphatic carbocycles. The van der Waals surface area contributed by atoms with Crippen molar-refractivity contribution in [1.82, 2.24) is 9.88 Å². The summed E-state index contributed by atoms with van der Waals surface area (Å²) in [5.74, 6) is 0.430. The Balaban J connectivity index is 1.25. The molecule has 152 valence electrons. The summed E-state index contributed by atoms with van der Waals surface area (Å²) in [4.78, 5) is 18.5. The van der Waals surface area contributed by atoms with Crippen molar-refractivity contribution in [2.24, 2.45) is 0 Å². The molecule has 3 aromatic rings. The molecule has 0 saturated carbocycles. The van der Waals surface area contributed by atoms with Gasteiger partial charge in [-0.15, -0.1) is 0 Å². The van der Waals surface area contributed by atoms with Crippen LogP contribution in [0.2, 0.25) is 0 Å². The number of hydrogen-bond acceptors (Lipinski definition) is 5. The number of anilines is 1. The smallest absolute Gasteiger partial charge is 0.248 e. The summed E-state index contributed by atoms with van der Waals surface area (Å²) < 4.78 is 18.8. The highest BCUT2D eigenvalue weighted by atomic mass is 19.1. The van der Waals surface area contributed by atoms with E-state index in [9.17, 15) is 14.3 Å². The highest BCUT2D eigenvalue weighted by molar-refractivity contribution is 5.79. The zero-order valence-corrected chi connectivity index (χ0v) is 16.1. The molecule has 2 aromatic carbocycles. The minimum Gasteiger partial charge on any atom is -0.491 e. The molecule has 7 heteroatoms. The molecule has 1 aliphatic heterocycles. The molecule has 1 saturated heterocycles. The van der Waals surface area contributed by atoms with Crippen LogP contribution in [0, 0.1) is 5.82 Å². The van der Waals surface area contributed by atoms with Gasteiger partial charge in [0.2, 0.25) is 5.56 Å². The molecule has 0 spiro atoms. The minimum atomic E-state index is -0.598. The van der Waals surface area contributed by atoms with Crippen LogP contribution in [0.3, 0.4) is 0 Å². The molecule has 0 bridgehead atoms. The van der Waals surface area contributed by atoms with Gasteiger partial charge in [0.05, 0.1) is 0 Å². The first-order chi connectivity index (χ1) is 14.1. The lowest BCUT2D eigenvalue weighted by atomic mass is 10.2. The number of pyridine rings is 1. The molecule has 1 atom stereocenters. The summed E-state index contributed by atoms with van der Waals surface area (Å²) in [6.07, 6.45) is -0.598. The van der Waals surface area contributed by atoms with Gasteiger partial charge in [-0.1, -0.05) is 0 Å². The fourth-order valence-corrected chi connectivity index (χ4v) is 3.61. The van der Waals surface area contributed by atoms with Crippen LogP contribution in [0.15, 0.2) is 59.4 Å². The van der Waals surface area contributed by atoms with Gasteiger partial charge >= 0.3 is 0 Å². The van der Waals surface area contributed by atoms with E-state index in [1.807, 2.05) is 6.07 Å². The van der Waals surface area contributed by atoms with Crippen molar-refractivity contribution in [3.05, 3.63) is 70.8 Å². The lowest BCUT2D eigenvalue weighted by molar-refractivity contribution is 0.0663. The Bertz CT molecular complexity index is 1010. The number of fused-ring (bicyclic) bond motifs is 1. The predicted molar refractivity (Wildman–Crippen MR) is 111 cm³/mol. The van der Waals surface area contributed by atoms with E-state index in [1.165, 1.54) is 18.2 Å². The fraction of sp³-hybridized carbons (Fsp3) is 0.318. The number of nitrogens with zero attached hydrogens (tertiary/aromatic N) is 2. The Kier molecular flexibility index (Phi) is 5.78. The molecular weight excluding hydrogens is 373 g/mol. The van der Waals surface area contributed by atoms with Crippen molar-refractivity contribution in [3.63, 3.8) is 0 Å². The highest BCUT2D eigenvalue weighted by Gasteiger charge is 2.20. The third kappa shape index (κ3) is 4.93. The number of aliphatic hydroxyl groups excluding tert-OH is 1. The molecule has 1 fully saturated rings. The third-order valence-corrected chi connectivity index (χ3v) is 5.17. The van der Waals surface area contributed by atoms with Crippen LogP contribution in [0.1, 0.15) is 0 Å². The number of H-pyrrole nitrogens is 1. The van der Waals surface area contributed by atoms with Crippen LogP contribution < -0.4 is 15.2 Å². The molecule has 0 amide bonds. The van der Waals surface area contributed by atoms with Crippen molar-refractivity contribution in [1.29, 1.82) is 0 Å². The van der Waals surface area contributed by atoms with Gasteiger partial charge in [0.15, 0.2) is 0 Å². The summed E-state index contributed by atoms with van der Waals surface area (Å²) >= 11 is 0. The summed E-state index contributed by atoms with van der Waals surface area (Å²) in [7, 11) is 0. The van der Waals surface area contributed by atoms with Crippen molar-refractivity contribution < 1.29 is 14.2 Å². The second kappa shape index (κ2) is 8.63. The summed E-state index contributed by atoms with van der Waals surface area (Å²) in [6, 6.07) is 15.2. The normalized spacial score (nSPS) is 16.1. The zero-order chi connectivity index (χ0) is 20.2. The molecular formula is C22H24FN3O3. The Morgan fingerprint density at radius 1 is 1.03 bits per heavy atom.